The maximum atomic E-state index is 6.25. The predicted molar refractivity (Wildman–Crippen MR) is 243 cm³/mol. The second kappa shape index (κ2) is 21.9. The summed E-state index contributed by atoms with van der Waals surface area (Å²) >= 11 is 0. The van der Waals surface area contributed by atoms with E-state index in [9.17, 15) is 0 Å². The first-order valence-electron chi connectivity index (χ1n) is 20.5. The quantitative estimate of drug-likeness (QED) is 0.129. The lowest BCUT2D eigenvalue weighted by Gasteiger charge is -2.38. The van der Waals surface area contributed by atoms with Crippen LogP contribution in [0.1, 0.15) is 125 Å². The van der Waals surface area contributed by atoms with E-state index in [-0.39, 0.29) is 0 Å². The van der Waals surface area contributed by atoms with Crippen LogP contribution < -0.4 is 0 Å². The molecule has 0 rings (SSSR count). The van der Waals surface area contributed by atoms with Crippen LogP contribution in [0.5, 0.6) is 0 Å². The summed E-state index contributed by atoms with van der Waals surface area (Å²) < 4.78 is 12.5. The standard InChI is InChI=1S/C46H78O2Si4/c1-21-49(22-2,23-3)35-31-45(47-19,33-37-51(39(7)8,40(9)10)41(11)12)29-27-28-30-46(48-20,32-36-50(24-4,25-5)26-6)34-38-52(42(13)14,43(15)16)44(17)18/h39-44H,21-26H2,1-20H3. The van der Waals surface area contributed by atoms with Crippen LogP contribution in [-0.4, -0.2) is 57.7 Å². The Labute approximate surface area is 329 Å². The molecule has 0 aliphatic rings. The molecule has 0 aliphatic heterocycles. The van der Waals surface area contributed by atoms with Gasteiger partial charge >= 0.3 is 0 Å². The highest BCUT2D eigenvalue weighted by molar-refractivity contribution is 6.91. The normalized spacial score (nSPS) is 14.4. The van der Waals surface area contributed by atoms with E-state index in [0.29, 0.717) is 33.2 Å². The maximum absolute atomic E-state index is 6.25. The average Bonchev–Trinajstić information content (AvgIpc) is 3.10. The van der Waals surface area contributed by atoms with Gasteiger partial charge in [0.1, 0.15) is 32.3 Å². The third-order valence-electron chi connectivity index (χ3n) is 12.9. The number of hydrogen-bond acceptors (Lipinski definition) is 2. The van der Waals surface area contributed by atoms with E-state index in [0.717, 1.165) is 36.3 Å². The summed E-state index contributed by atoms with van der Waals surface area (Å²) in [4.78, 5) is 0. The summed E-state index contributed by atoms with van der Waals surface area (Å²) in [6, 6.07) is 6.56. The van der Waals surface area contributed by atoms with Gasteiger partial charge in [0.05, 0.1) is 0 Å². The molecule has 52 heavy (non-hydrogen) atoms. The second-order valence-electron chi connectivity index (χ2n) is 16.7. The molecule has 0 aromatic heterocycles. The van der Waals surface area contributed by atoms with Gasteiger partial charge in [0, 0.05) is 14.2 Å². The summed E-state index contributed by atoms with van der Waals surface area (Å²) in [5.74, 6) is 27.4. The minimum atomic E-state index is -2.08. The Morgan fingerprint density at radius 2 is 0.577 bits per heavy atom. The third kappa shape index (κ3) is 11.8. The molecule has 0 saturated carbocycles. The van der Waals surface area contributed by atoms with Gasteiger partial charge in [0.2, 0.25) is 0 Å². The SMILES string of the molecule is CC[Si](C#CC(C#CC#CC(C#C[Si](CC)(CC)CC)(C#C[Si](C(C)C)(C(C)C)C(C)C)OC)(C#C[Si](C(C)C)(C(C)C)C(C)C)OC)(CC)CC. The van der Waals surface area contributed by atoms with Crippen molar-refractivity contribution in [1.82, 2.24) is 0 Å². The van der Waals surface area contributed by atoms with E-state index in [1.807, 2.05) is 0 Å². The van der Waals surface area contributed by atoms with Crippen molar-refractivity contribution >= 4 is 32.3 Å². The van der Waals surface area contributed by atoms with Crippen molar-refractivity contribution in [2.45, 2.75) is 205 Å². The van der Waals surface area contributed by atoms with E-state index in [2.05, 4.69) is 194 Å². The molecule has 0 N–H and O–H groups in total. The van der Waals surface area contributed by atoms with Crippen LogP contribution in [0.3, 0.4) is 0 Å². The van der Waals surface area contributed by atoms with Crippen LogP contribution in [0.4, 0.5) is 0 Å². The van der Waals surface area contributed by atoms with Crippen molar-refractivity contribution in [3.8, 4) is 69.5 Å². The van der Waals surface area contributed by atoms with Crippen molar-refractivity contribution < 1.29 is 9.47 Å². The Hall–Kier alpha value is -1.85. The molecule has 0 aromatic rings. The highest BCUT2D eigenvalue weighted by Crippen LogP contribution is 2.42. The number of methoxy groups -OCH3 is 2. The molecule has 0 fully saturated rings. The monoisotopic (exact) mass is 775 g/mol. The fourth-order valence-corrected chi connectivity index (χ4v) is 23.9. The number of hydrogen-bond donors (Lipinski definition) is 0. The zero-order valence-corrected chi connectivity index (χ0v) is 41.5. The van der Waals surface area contributed by atoms with E-state index in [1.165, 1.54) is 0 Å². The highest BCUT2D eigenvalue weighted by Gasteiger charge is 2.44. The van der Waals surface area contributed by atoms with E-state index < -0.39 is 43.5 Å². The largest absolute Gasteiger partial charge is 0.345 e. The first-order valence-corrected chi connectivity index (χ1v) is 30.2. The van der Waals surface area contributed by atoms with Gasteiger partial charge in [-0.25, -0.2) is 0 Å². The lowest BCUT2D eigenvalue weighted by Crippen LogP contribution is -2.44. The van der Waals surface area contributed by atoms with Crippen LogP contribution in [0.2, 0.25) is 69.5 Å². The first kappa shape index (κ1) is 50.1. The van der Waals surface area contributed by atoms with Gasteiger partial charge in [-0.1, -0.05) is 125 Å². The molecule has 0 radical (unpaired) electrons. The van der Waals surface area contributed by atoms with Crippen molar-refractivity contribution in [3.05, 3.63) is 0 Å². The Morgan fingerprint density at radius 3 is 0.750 bits per heavy atom. The molecule has 0 heterocycles. The maximum Gasteiger partial charge on any atom is 0.253 e. The Morgan fingerprint density at radius 1 is 0.365 bits per heavy atom. The Balaban J connectivity index is 8.25. The van der Waals surface area contributed by atoms with Crippen molar-refractivity contribution in [1.29, 1.82) is 0 Å². The molecule has 0 saturated heterocycles. The van der Waals surface area contributed by atoms with Crippen LogP contribution in [0, 0.1) is 69.5 Å². The first-order chi connectivity index (χ1) is 24.2. The van der Waals surface area contributed by atoms with Gasteiger partial charge in [-0.2, -0.15) is 0 Å². The van der Waals surface area contributed by atoms with Gasteiger partial charge in [0.15, 0.2) is 0 Å². The molecule has 0 spiro atoms. The minimum Gasteiger partial charge on any atom is -0.345 e. The molecular formula is C46H78O2Si4. The lowest BCUT2D eigenvalue weighted by molar-refractivity contribution is 0.138. The number of rotatable bonds is 14. The van der Waals surface area contributed by atoms with Crippen LogP contribution in [0.25, 0.3) is 0 Å². The van der Waals surface area contributed by atoms with Gasteiger partial charge in [-0.3, -0.25) is 0 Å². The zero-order valence-electron chi connectivity index (χ0n) is 37.5. The third-order valence-corrected chi connectivity index (χ3v) is 34.9. The highest BCUT2D eigenvalue weighted by atomic mass is 28.3. The van der Waals surface area contributed by atoms with Gasteiger partial charge in [0.25, 0.3) is 11.2 Å². The molecule has 6 heteroatoms. The fourth-order valence-electron chi connectivity index (χ4n) is 8.46. The van der Waals surface area contributed by atoms with Crippen LogP contribution >= 0.6 is 0 Å². The summed E-state index contributed by atoms with van der Waals surface area (Å²) in [5.41, 5.74) is 15.7. The van der Waals surface area contributed by atoms with Gasteiger partial charge in [-0.15, -0.1) is 22.2 Å². The molecule has 290 valence electrons. The van der Waals surface area contributed by atoms with Gasteiger partial charge < -0.3 is 9.47 Å². The Bertz CT molecular complexity index is 1330. The predicted octanol–water partition coefficient (Wildman–Crippen LogP) is 12.3. The second-order valence-corrected chi connectivity index (χ2v) is 37.8. The minimum absolute atomic E-state index is 0.480. The van der Waals surface area contributed by atoms with E-state index in [1.54, 1.807) is 14.2 Å². The van der Waals surface area contributed by atoms with Crippen molar-refractivity contribution in [2.24, 2.45) is 0 Å². The molecule has 0 aromatic carbocycles. The van der Waals surface area contributed by atoms with Crippen molar-refractivity contribution in [2.75, 3.05) is 14.2 Å². The van der Waals surface area contributed by atoms with E-state index >= 15 is 0 Å². The van der Waals surface area contributed by atoms with Gasteiger partial charge in [-0.05, 0) is 117 Å². The molecule has 0 bridgehead atoms. The van der Waals surface area contributed by atoms with Crippen LogP contribution in [0.15, 0.2) is 0 Å². The molecule has 2 nitrogen and oxygen atoms in total. The fraction of sp³-hybridized carbons (Fsp3) is 0.739. The van der Waals surface area contributed by atoms with Crippen LogP contribution in [-0.2, 0) is 9.47 Å². The molecule has 2 atom stereocenters. The molecule has 0 amide bonds. The molecule has 0 aliphatic carbocycles. The summed E-state index contributed by atoms with van der Waals surface area (Å²) in [7, 11) is -4.41. The van der Waals surface area contributed by atoms with Crippen molar-refractivity contribution in [3.63, 3.8) is 0 Å². The number of ether oxygens (including phenoxy) is 2. The summed E-state index contributed by atoms with van der Waals surface area (Å²) in [6.45, 7) is 41.6. The molecular weight excluding hydrogens is 697 g/mol. The smallest absolute Gasteiger partial charge is 0.253 e. The topological polar surface area (TPSA) is 18.5 Å². The molecule has 2 unspecified atom stereocenters. The summed E-state index contributed by atoms with van der Waals surface area (Å²) in [6.07, 6.45) is 0. The average molecular weight is 775 g/mol. The Kier molecular flexibility index (Phi) is 21.1. The summed E-state index contributed by atoms with van der Waals surface area (Å²) in [5, 5.41) is 0. The van der Waals surface area contributed by atoms with E-state index in [4.69, 9.17) is 9.47 Å². The lowest BCUT2D eigenvalue weighted by atomic mass is 10.1. The zero-order chi connectivity index (χ0) is 40.6.